The predicted octanol–water partition coefficient (Wildman–Crippen LogP) is 2.45. The molecule has 1 aliphatic rings. The van der Waals surface area contributed by atoms with Gasteiger partial charge >= 0.3 is 0 Å². The molecule has 0 nitrogen and oxygen atoms in total. The molecule has 0 fully saturated rings. The van der Waals surface area contributed by atoms with Crippen molar-refractivity contribution in [1.82, 2.24) is 0 Å². The summed E-state index contributed by atoms with van der Waals surface area (Å²) in [7, 11) is 0. The number of rotatable bonds is 0. The molecule has 0 aromatic heterocycles. The second-order valence-electron chi connectivity index (χ2n) is 1.80. The average molecular weight is 106 g/mol. The molecule has 0 saturated carbocycles. The summed E-state index contributed by atoms with van der Waals surface area (Å²) in [6.45, 7) is 0. The molecule has 0 aliphatic heterocycles. The summed E-state index contributed by atoms with van der Waals surface area (Å²) < 4.78 is 0. The zero-order chi connectivity index (χ0) is 5.66. The summed E-state index contributed by atoms with van der Waals surface area (Å²) in [5.74, 6) is 0. The van der Waals surface area contributed by atoms with Crippen molar-refractivity contribution in [3.63, 3.8) is 0 Å². The van der Waals surface area contributed by atoms with Gasteiger partial charge in [-0.1, -0.05) is 36.5 Å². The van der Waals surface area contributed by atoms with Crippen LogP contribution >= 0.6 is 0 Å². The average Bonchev–Trinajstić information content (AvgIpc) is 1.62. The van der Waals surface area contributed by atoms with Crippen LogP contribution in [0.15, 0.2) is 36.5 Å². The molecule has 1 rings (SSSR count). The highest BCUT2D eigenvalue weighted by atomic mass is 13.8. The van der Waals surface area contributed by atoms with Crippen LogP contribution in [0.1, 0.15) is 12.8 Å². The first-order valence-electron chi connectivity index (χ1n) is 2.97. The molecule has 0 bridgehead atoms. The summed E-state index contributed by atoms with van der Waals surface area (Å²) in [6, 6.07) is 0. The van der Waals surface area contributed by atoms with E-state index in [9.17, 15) is 0 Å². The topological polar surface area (TPSA) is 0 Å². The molecule has 0 aromatic carbocycles. The van der Waals surface area contributed by atoms with Crippen LogP contribution in [0.3, 0.4) is 0 Å². The third kappa shape index (κ3) is 1.78. The van der Waals surface area contributed by atoms with Crippen molar-refractivity contribution in [3.8, 4) is 0 Å². The molecule has 0 unspecified atom stereocenters. The lowest BCUT2D eigenvalue weighted by Crippen LogP contribution is -1.64. The molecule has 42 valence electrons. The van der Waals surface area contributed by atoms with E-state index in [1.165, 1.54) is 0 Å². The summed E-state index contributed by atoms with van der Waals surface area (Å²) in [5, 5.41) is 0. The summed E-state index contributed by atoms with van der Waals surface area (Å²) >= 11 is 0. The molecule has 1 aliphatic carbocycles. The number of hydrogen-bond acceptors (Lipinski definition) is 0. The summed E-state index contributed by atoms with van der Waals surface area (Å²) in [5.41, 5.74) is 0. The van der Waals surface area contributed by atoms with Gasteiger partial charge in [-0.05, 0) is 12.8 Å². The molecular formula is C8H10. The highest BCUT2D eigenvalue weighted by Gasteiger charge is 1.74. The van der Waals surface area contributed by atoms with Gasteiger partial charge in [-0.15, -0.1) is 0 Å². The van der Waals surface area contributed by atoms with Crippen LogP contribution in [0.5, 0.6) is 0 Å². The van der Waals surface area contributed by atoms with Crippen LogP contribution in [-0.2, 0) is 0 Å². The van der Waals surface area contributed by atoms with E-state index in [1.54, 1.807) is 0 Å². The molecule has 0 N–H and O–H groups in total. The maximum atomic E-state index is 2.18. The van der Waals surface area contributed by atoms with Crippen molar-refractivity contribution in [2.45, 2.75) is 12.8 Å². The molecule has 0 radical (unpaired) electrons. The van der Waals surface area contributed by atoms with Crippen LogP contribution < -0.4 is 0 Å². The van der Waals surface area contributed by atoms with Crippen LogP contribution in [-0.4, -0.2) is 0 Å². The van der Waals surface area contributed by atoms with Crippen LogP contribution in [0.25, 0.3) is 0 Å². The Morgan fingerprint density at radius 3 is 1.62 bits per heavy atom. The second-order valence-corrected chi connectivity index (χ2v) is 1.80. The lowest BCUT2D eigenvalue weighted by molar-refractivity contribution is 1.29. The van der Waals surface area contributed by atoms with E-state index >= 15 is 0 Å². The Balaban J connectivity index is 2.51. The van der Waals surface area contributed by atoms with Gasteiger partial charge in [-0.3, -0.25) is 0 Å². The van der Waals surface area contributed by atoms with E-state index < -0.39 is 0 Å². The van der Waals surface area contributed by atoms with Crippen molar-refractivity contribution >= 4 is 0 Å². The molecule has 0 saturated heterocycles. The van der Waals surface area contributed by atoms with E-state index in [1.807, 2.05) is 0 Å². The highest BCUT2D eigenvalue weighted by molar-refractivity contribution is 5.09. The maximum absolute atomic E-state index is 2.18. The minimum Gasteiger partial charge on any atom is -0.0844 e. The second kappa shape index (κ2) is 3.25. The van der Waals surface area contributed by atoms with Crippen molar-refractivity contribution in [3.05, 3.63) is 36.5 Å². The van der Waals surface area contributed by atoms with Gasteiger partial charge in [0, 0.05) is 0 Å². The first-order valence-corrected chi connectivity index (χ1v) is 2.97. The Morgan fingerprint density at radius 2 is 1.12 bits per heavy atom. The fourth-order valence-corrected chi connectivity index (χ4v) is 0.664. The van der Waals surface area contributed by atoms with E-state index in [0.29, 0.717) is 0 Å². The number of allylic oxidation sites excluding steroid dienone is 6. The van der Waals surface area contributed by atoms with Crippen molar-refractivity contribution < 1.29 is 0 Å². The molecule has 0 heterocycles. The van der Waals surface area contributed by atoms with Gasteiger partial charge in [0.1, 0.15) is 0 Å². The smallest absolute Gasteiger partial charge is 0.0166 e. The van der Waals surface area contributed by atoms with Crippen molar-refractivity contribution in [2.24, 2.45) is 0 Å². The van der Waals surface area contributed by atoms with E-state index in [0.717, 1.165) is 12.8 Å². The minimum atomic E-state index is 1.09. The zero-order valence-corrected chi connectivity index (χ0v) is 4.88. The molecule has 0 spiro atoms. The zero-order valence-electron chi connectivity index (χ0n) is 4.88. The van der Waals surface area contributed by atoms with Gasteiger partial charge < -0.3 is 0 Å². The normalized spacial score (nSPS) is 18.0. The Morgan fingerprint density at radius 1 is 0.625 bits per heavy atom. The van der Waals surface area contributed by atoms with Crippen LogP contribution in [0.2, 0.25) is 0 Å². The van der Waals surface area contributed by atoms with E-state index in [4.69, 9.17) is 0 Å². The Kier molecular flexibility index (Phi) is 2.18. The monoisotopic (exact) mass is 106 g/mol. The fraction of sp³-hybridized carbons (Fsp3) is 0.250. The first kappa shape index (κ1) is 5.36. The molecule has 8 heavy (non-hydrogen) atoms. The SMILES string of the molecule is C1=CCC=CCC=C1. The maximum Gasteiger partial charge on any atom is -0.0166 e. The first-order chi connectivity index (χ1) is 4.00. The largest absolute Gasteiger partial charge is 0.0844 e. The Labute approximate surface area is 50.2 Å². The van der Waals surface area contributed by atoms with Gasteiger partial charge in [0.25, 0.3) is 0 Å². The standard InChI is InChI=1S/C8H10/c1-2-4-6-8-7-5-3-1/h1-4,7-8H,5-6H2. The Hall–Kier alpha value is -0.780. The van der Waals surface area contributed by atoms with Gasteiger partial charge in [0.2, 0.25) is 0 Å². The molecule has 0 atom stereocenters. The molecule has 0 amide bonds. The Bertz CT molecular complexity index is 111. The van der Waals surface area contributed by atoms with Gasteiger partial charge in [0.05, 0.1) is 0 Å². The van der Waals surface area contributed by atoms with Crippen molar-refractivity contribution in [2.75, 3.05) is 0 Å². The highest BCUT2D eigenvalue weighted by Crippen LogP contribution is 1.95. The molecule has 0 heteroatoms. The summed E-state index contributed by atoms with van der Waals surface area (Å²) in [4.78, 5) is 0. The van der Waals surface area contributed by atoms with Gasteiger partial charge in [-0.2, -0.15) is 0 Å². The minimum absolute atomic E-state index is 1.09. The quantitative estimate of drug-likeness (QED) is 0.416. The van der Waals surface area contributed by atoms with Crippen molar-refractivity contribution in [1.29, 1.82) is 0 Å². The van der Waals surface area contributed by atoms with Crippen LogP contribution in [0.4, 0.5) is 0 Å². The van der Waals surface area contributed by atoms with E-state index in [-0.39, 0.29) is 0 Å². The van der Waals surface area contributed by atoms with Gasteiger partial charge in [-0.25, -0.2) is 0 Å². The predicted molar refractivity (Wildman–Crippen MR) is 36.7 cm³/mol. The fourth-order valence-electron chi connectivity index (χ4n) is 0.664. The number of hydrogen-bond donors (Lipinski definition) is 0. The van der Waals surface area contributed by atoms with Crippen LogP contribution in [0, 0.1) is 0 Å². The summed E-state index contributed by atoms with van der Waals surface area (Å²) in [6.07, 6.45) is 15.0. The third-order valence-electron chi connectivity index (χ3n) is 1.09. The third-order valence-corrected chi connectivity index (χ3v) is 1.09. The lowest BCUT2D eigenvalue weighted by Gasteiger charge is -1.85. The lowest BCUT2D eigenvalue weighted by atomic mass is 10.2. The van der Waals surface area contributed by atoms with E-state index in [2.05, 4.69) is 36.5 Å². The molecule has 0 aromatic rings. The molecular weight excluding hydrogens is 96.1 g/mol. The van der Waals surface area contributed by atoms with Gasteiger partial charge in [0.15, 0.2) is 0 Å².